The van der Waals surface area contributed by atoms with Gasteiger partial charge in [0.25, 0.3) is 0 Å². The maximum atomic E-state index is 10.2. The van der Waals surface area contributed by atoms with Crippen LogP contribution in [0.15, 0.2) is 0 Å². The molecular formula is C5H7BO2. The van der Waals surface area contributed by atoms with E-state index < -0.39 is 11.3 Å². The van der Waals surface area contributed by atoms with Crippen LogP contribution >= 0.6 is 0 Å². The first-order valence-electron chi connectivity index (χ1n) is 2.67. The lowest BCUT2D eigenvalue weighted by Crippen LogP contribution is -2.30. The minimum atomic E-state index is -0.861. The van der Waals surface area contributed by atoms with E-state index in [4.69, 9.17) is 13.0 Å². The standard InChI is InChI=1S/C5H7BO2/c6-5(4(7)8)2-1-3-5/h1-3H2,(H,7,8). The molecule has 1 aliphatic rings. The lowest BCUT2D eigenvalue weighted by atomic mass is 9.55. The molecule has 0 bridgehead atoms. The molecule has 0 aliphatic heterocycles. The molecule has 1 saturated carbocycles. The van der Waals surface area contributed by atoms with Crippen LogP contribution < -0.4 is 0 Å². The van der Waals surface area contributed by atoms with Gasteiger partial charge < -0.3 is 5.11 Å². The molecule has 0 spiro atoms. The lowest BCUT2D eigenvalue weighted by molar-refractivity contribution is -0.143. The van der Waals surface area contributed by atoms with Crippen LogP contribution in [0.5, 0.6) is 0 Å². The Bertz CT molecular complexity index is 118. The fraction of sp³-hybridized carbons (Fsp3) is 0.800. The van der Waals surface area contributed by atoms with Gasteiger partial charge in [0.15, 0.2) is 0 Å². The summed E-state index contributed by atoms with van der Waals surface area (Å²) in [6.45, 7) is 0. The zero-order chi connectivity index (χ0) is 6.20. The van der Waals surface area contributed by atoms with E-state index in [1.807, 2.05) is 0 Å². The van der Waals surface area contributed by atoms with E-state index in [-0.39, 0.29) is 0 Å². The van der Waals surface area contributed by atoms with Crippen LogP contribution in [0.3, 0.4) is 0 Å². The largest absolute Gasteiger partial charge is 0.481 e. The molecule has 0 atom stereocenters. The maximum absolute atomic E-state index is 10.2. The first-order chi connectivity index (χ1) is 3.65. The van der Waals surface area contributed by atoms with Gasteiger partial charge in [0, 0.05) is 5.31 Å². The van der Waals surface area contributed by atoms with Crippen molar-refractivity contribution in [3.63, 3.8) is 0 Å². The lowest BCUT2D eigenvalue weighted by Gasteiger charge is -2.33. The molecular weight excluding hydrogens is 103 g/mol. The molecule has 0 aromatic rings. The van der Waals surface area contributed by atoms with Gasteiger partial charge in [-0.1, -0.05) is 6.42 Å². The quantitative estimate of drug-likeness (QED) is 0.501. The summed E-state index contributed by atoms with van der Waals surface area (Å²) in [5, 5.41) is 7.51. The molecule has 42 valence electrons. The highest BCUT2D eigenvalue weighted by Crippen LogP contribution is 2.44. The Morgan fingerprint density at radius 3 is 2.12 bits per heavy atom. The van der Waals surface area contributed by atoms with Gasteiger partial charge in [0.05, 0.1) is 7.85 Å². The van der Waals surface area contributed by atoms with Crippen LogP contribution in [-0.4, -0.2) is 18.9 Å². The SMILES string of the molecule is [B]C1(C(=O)O)CCC1. The molecule has 0 amide bonds. The Balaban J connectivity index is 2.53. The molecule has 1 N–H and O–H groups in total. The van der Waals surface area contributed by atoms with Gasteiger partial charge in [-0.3, -0.25) is 4.79 Å². The van der Waals surface area contributed by atoms with Gasteiger partial charge in [-0.2, -0.15) is 0 Å². The van der Waals surface area contributed by atoms with Gasteiger partial charge in [-0.05, 0) is 12.8 Å². The number of hydrogen-bond acceptors (Lipinski definition) is 1. The average molecular weight is 110 g/mol. The number of carboxylic acids is 1. The van der Waals surface area contributed by atoms with E-state index in [0.717, 1.165) is 6.42 Å². The van der Waals surface area contributed by atoms with Gasteiger partial charge in [0.2, 0.25) is 0 Å². The second kappa shape index (κ2) is 1.50. The fourth-order valence-corrected chi connectivity index (χ4v) is 0.772. The second-order valence-corrected chi connectivity index (χ2v) is 2.31. The number of hydrogen-bond donors (Lipinski definition) is 1. The number of carbonyl (C=O) groups is 1. The highest BCUT2D eigenvalue weighted by molar-refractivity contribution is 6.27. The smallest absolute Gasteiger partial charge is 0.300 e. The molecule has 0 aromatic carbocycles. The summed E-state index contributed by atoms with van der Waals surface area (Å²) >= 11 is 0. The number of carboxylic acid groups (broad SMARTS) is 1. The predicted molar refractivity (Wildman–Crippen MR) is 29.9 cm³/mol. The number of aliphatic carboxylic acids is 1. The van der Waals surface area contributed by atoms with Crippen LogP contribution in [0.2, 0.25) is 5.31 Å². The van der Waals surface area contributed by atoms with Crippen molar-refractivity contribution in [1.29, 1.82) is 0 Å². The van der Waals surface area contributed by atoms with Crippen LogP contribution in [0, 0.1) is 0 Å². The molecule has 1 rings (SSSR count). The Morgan fingerprint density at radius 1 is 1.62 bits per heavy atom. The summed E-state index contributed by atoms with van der Waals surface area (Å²) in [6.07, 6.45) is 2.24. The number of rotatable bonds is 1. The average Bonchev–Trinajstić information content (AvgIpc) is 1.60. The first-order valence-corrected chi connectivity index (χ1v) is 2.67. The molecule has 0 heterocycles. The van der Waals surface area contributed by atoms with E-state index in [1.54, 1.807) is 0 Å². The van der Waals surface area contributed by atoms with E-state index >= 15 is 0 Å². The Hall–Kier alpha value is -0.465. The fourth-order valence-electron chi connectivity index (χ4n) is 0.772. The third-order valence-electron chi connectivity index (χ3n) is 1.67. The summed E-state index contributed by atoms with van der Waals surface area (Å²) in [4.78, 5) is 10.2. The molecule has 0 unspecified atom stereocenters. The van der Waals surface area contributed by atoms with Gasteiger partial charge in [-0.15, -0.1) is 0 Å². The summed E-state index contributed by atoms with van der Waals surface area (Å²) in [5.74, 6) is -0.858. The van der Waals surface area contributed by atoms with E-state index in [2.05, 4.69) is 0 Å². The van der Waals surface area contributed by atoms with Crippen molar-refractivity contribution >= 4 is 13.8 Å². The van der Waals surface area contributed by atoms with E-state index in [9.17, 15) is 4.79 Å². The summed E-state index contributed by atoms with van der Waals surface area (Å²) in [5.41, 5.74) is 0. The molecule has 2 radical (unpaired) electrons. The maximum Gasteiger partial charge on any atom is 0.300 e. The Labute approximate surface area is 49.3 Å². The van der Waals surface area contributed by atoms with Crippen LogP contribution in [0.1, 0.15) is 19.3 Å². The second-order valence-electron chi connectivity index (χ2n) is 2.31. The predicted octanol–water partition coefficient (Wildman–Crippen LogP) is 0.582. The third kappa shape index (κ3) is 0.621. The molecule has 1 aliphatic carbocycles. The van der Waals surface area contributed by atoms with Crippen molar-refractivity contribution in [3.8, 4) is 0 Å². The van der Waals surface area contributed by atoms with Crippen LogP contribution in [0.4, 0.5) is 0 Å². The molecule has 2 nitrogen and oxygen atoms in total. The summed E-state index contributed by atoms with van der Waals surface area (Å²) in [6, 6.07) is 0. The molecule has 0 saturated heterocycles. The Morgan fingerprint density at radius 2 is 2.12 bits per heavy atom. The van der Waals surface area contributed by atoms with Crippen LogP contribution in [0.25, 0.3) is 0 Å². The molecule has 8 heavy (non-hydrogen) atoms. The normalized spacial score (nSPS) is 24.0. The van der Waals surface area contributed by atoms with Crippen LogP contribution in [-0.2, 0) is 4.79 Å². The topological polar surface area (TPSA) is 37.3 Å². The minimum Gasteiger partial charge on any atom is -0.481 e. The summed E-state index contributed by atoms with van der Waals surface area (Å²) in [7, 11) is 5.35. The molecule has 3 heteroatoms. The molecule has 0 aromatic heterocycles. The Kier molecular flexibility index (Phi) is 1.07. The minimum absolute atomic E-state index is 0.641. The van der Waals surface area contributed by atoms with Crippen molar-refractivity contribution < 1.29 is 9.90 Å². The van der Waals surface area contributed by atoms with Crippen molar-refractivity contribution in [2.45, 2.75) is 24.6 Å². The monoisotopic (exact) mass is 110 g/mol. The van der Waals surface area contributed by atoms with E-state index in [0.29, 0.717) is 12.8 Å². The zero-order valence-electron chi connectivity index (χ0n) is 4.55. The first kappa shape index (κ1) is 5.67. The highest BCUT2D eigenvalue weighted by atomic mass is 16.4. The van der Waals surface area contributed by atoms with Gasteiger partial charge in [0.1, 0.15) is 0 Å². The van der Waals surface area contributed by atoms with E-state index in [1.165, 1.54) is 0 Å². The highest BCUT2D eigenvalue weighted by Gasteiger charge is 2.38. The van der Waals surface area contributed by atoms with Crippen molar-refractivity contribution in [3.05, 3.63) is 0 Å². The van der Waals surface area contributed by atoms with Crippen molar-refractivity contribution in [1.82, 2.24) is 0 Å². The summed E-state index contributed by atoms with van der Waals surface area (Å²) < 4.78 is 0. The van der Waals surface area contributed by atoms with Gasteiger partial charge >= 0.3 is 5.97 Å². The molecule has 1 fully saturated rings. The van der Waals surface area contributed by atoms with Crippen molar-refractivity contribution in [2.24, 2.45) is 0 Å². The third-order valence-corrected chi connectivity index (χ3v) is 1.67. The zero-order valence-corrected chi connectivity index (χ0v) is 4.55. The van der Waals surface area contributed by atoms with Crippen molar-refractivity contribution in [2.75, 3.05) is 0 Å². The van der Waals surface area contributed by atoms with Gasteiger partial charge in [-0.25, -0.2) is 0 Å².